The third kappa shape index (κ3) is 3.77. The number of alkyl halides is 2. The molecule has 1 N–H and O–H groups in total. The summed E-state index contributed by atoms with van der Waals surface area (Å²) in [5.41, 5.74) is 0.178. The van der Waals surface area contributed by atoms with Crippen molar-refractivity contribution < 1.29 is 18.3 Å². The molecule has 1 amide bonds. The second-order valence-corrected chi connectivity index (χ2v) is 6.25. The Morgan fingerprint density at radius 2 is 2.19 bits per heavy atom. The molecule has 0 saturated heterocycles. The van der Waals surface area contributed by atoms with E-state index in [9.17, 15) is 13.6 Å². The van der Waals surface area contributed by atoms with E-state index in [0.29, 0.717) is 22.1 Å². The first-order valence-electron chi connectivity index (χ1n) is 5.38. The number of anilines is 1. The van der Waals surface area contributed by atoms with Crippen molar-refractivity contribution in [3.63, 3.8) is 0 Å². The fourth-order valence-corrected chi connectivity index (χ4v) is 2.61. The number of benzene rings is 1. The van der Waals surface area contributed by atoms with Crippen LogP contribution in [0.5, 0.6) is 5.75 Å². The molecule has 10 heteroatoms. The van der Waals surface area contributed by atoms with Crippen molar-refractivity contribution in [2.45, 2.75) is 6.43 Å². The lowest BCUT2D eigenvalue weighted by atomic mass is 10.2. The van der Waals surface area contributed by atoms with E-state index < -0.39 is 17.3 Å². The molecule has 112 valence electrons. The van der Waals surface area contributed by atoms with Crippen molar-refractivity contribution in [3.8, 4) is 5.75 Å². The van der Waals surface area contributed by atoms with Gasteiger partial charge < -0.3 is 4.74 Å². The monoisotopic (exact) mass is 445 g/mol. The van der Waals surface area contributed by atoms with Gasteiger partial charge in [0.15, 0.2) is 5.01 Å². The van der Waals surface area contributed by atoms with Gasteiger partial charge >= 0.3 is 0 Å². The lowest BCUT2D eigenvalue weighted by molar-refractivity contribution is 0.102. The summed E-state index contributed by atoms with van der Waals surface area (Å²) in [4.78, 5) is 12.1. The Morgan fingerprint density at radius 3 is 2.76 bits per heavy atom. The minimum atomic E-state index is -2.73. The first-order chi connectivity index (χ1) is 9.92. The number of nitrogens with zero attached hydrogens (tertiary/aromatic N) is 2. The number of ether oxygens (including phenoxy) is 1. The summed E-state index contributed by atoms with van der Waals surface area (Å²) in [6, 6.07) is 3.04. The number of carbonyl (C=O) groups is 1. The molecule has 0 aliphatic carbocycles. The zero-order valence-electron chi connectivity index (χ0n) is 10.4. The lowest BCUT2D eigenvalue weighted by Gasteiger charge is -2.09. The number of methoxy groups -OCH3 is 1. The van der Waals surface area contributed by atoms with Gasteiger partial charge in [-0.05, 0) is 34.7 Å². The summed E-state index contributed by atoms with van der Waals surface area (Å²) in [5.74, 6) is -0.248. The van der Waals surface area contributed by atoms with Gasteiger partial charge in [0.25, 0.3) is 12.3 Å². The fourth-order valence-electron chi connectivity index (χ4n) is 1.41. The number of hydrogen-bond donors (Lipinski definition) is 1. The maximum atomic E-state index is 12.4. The second-order valence-electron chi connectivity index (χ2n) is 3.67. The number of rotatable bonds is 4. The Labute approximate surface area is 140 Å². The molecular weight excluding hydrogens is 439 g/mol. The zero-order valence-corrected chi connectivity index (χ0v) is 14.1. The van der Waals surface area contributed by atoms with Crippen LogP contribution in [0.25, 0.3) is 0 Å². The van der Waals surface area contributed by atoms with Crippen molar-refractivity contribution in [2.75, 3.05) is 12.4 Å². The zero-order chi connectivity index (χ0) is 15.6. The first-order valence-corrected chi connectivity index (χ1v) is 7.65. The highest BCUT2D eigenvalue weighted by molar-refractivity contribution is 14.1. The average Bonchev–Trinajstić information content (AvgIpc) is 2.89. The van der Waals surface area contributed by atoms with E-state index in [-0.39, 0.29) is 10.7 Å². The van der Waals surface area contributed by atoms with Crippen LogP contribution in [0.3, 0.4) is 0 Å². The van der Waals surface area contributed by atoms with E-state index in [1.54, 1.807) is 6.07 Å². The van der Waals surface area contributed by atoms with E-state index >= 15 is 0 Å². The van der Waals surface area contributed by atoms with Gasteiger partial charge in [0.2, 0.25) is 5.13 Å². The number of hydrogen-bond acceptors (Lipinski definition) is 5. The highest BCUT2D eigenvalue weighted by Crippen LogP contribution is 2.30. The van der Waals surface area contributed by atoms with E-state index in [0.717, 1.165) is 3.57 Å². The fraction of sp³-hybridized carbons (Fsp3) is 0.182. The van der Waals surface area contributed by atoms with Gasteiger partial charge in [0, 0.05) is 3.57 Å². The number of aromatic nitrogens is 2. The standard InChI is InChI=1S/C11H7ClF2IN3O2S/c1-20-7-3-6(15)5(12)2-4(7)9(19)16-11-18-17-10(21-11)8(13)14/h2-3,8H,1H3,(H,16,18,19). The summed E-state index contributed by atoms with van der Waals surface area (Å²) >= 11 is 8.57. The van der Waals surface area contributed by atoms with Gasteiger partial charge in [-0.2, -0.15) is 0 Å². The van der Waals surface area contributed by atoms with E-state index in [4.69, 9.17) is 16.3 Å². The highest BCUT2D eigenvalue weighted by atomic mass is 127. The third-order valence-corrected chi connectivity index (χ3v) is 4.70. The summed E-state index contributed by atoms with van der Waals surface area (Å²) in [6.07, 6.45) is -2.73. The van der Waals surface area contributed by atoms with Crippen LogP contribution in [0.15, 0.2) is 12.1 Å². The van der Waals surface area contributed by atoms with Crippen LogP contribution in [0.1, 0.15) is 21.8 Å². The predicted octanol–water partition coefficient (Wildman–Crippen LogP) is 3.99. The molecule has 0 aliphatic heterocycles. The molecule has 0 fully saturated rings. The van der Waals surface area contributed by atoms with Gasteiger partial charge in [0.05, 0.1) is 17.7 Å². The van der Waals surface area contributed by atoms with Gasteiger partial charge in [-0.15, -0.1) is 10.2 Å². The molecule has 2 aromatic rings. The van der Waals surface area contributed by atoms with Crippen LogP contribution in [0.4, 0.5) is 13.9 Å². The topological polar surface area (TPSA) is 64.1 Å². The summed E-state index contributed by atoms with van der Waals surface area (Å²) in [5, 5.41) is 9.05. The van der Waals surface area contributed by atoms with Crippen LogP contribution in [0.2, 0.25) is 5.02 Å². The van der Waals surface area contributed by atoms with Crippen molar-refractivity contribution in [1.82, 2.24) is 10.2 Å². The number of halogens is 4. The highest BCUT2D eigenvalue weighted by Gasteiger charge is 2.19. The van der Waals surface area contributed by atoms with Gasteiger partial charge in [0.1, 0.15) is 5.75 Å². The normalized spacial score (nSPS) is 10.8. The Balaban J connectivity index is 2.25. The van der Waals surface area contributed by atoms with E-state index in [2.05, 4.69) is 15.5 Å². The Kier molecular flexibility index (Phi) is 5.27. The van der Waals surface area contributed by atoms with Crippen LogP contribution in [-0.4, -0.2) is 23.2 Å². The Hall–Kier alpha value is -1.07. The molecule has 0 aliphatic rings. The molecule has 5 nitrogen and oxygen atoms in total. The van der Waals surface area contributed by atoms with Crippen molar-refractivity contribution in [3.05, 3.63) is 31.3 Å². The van der Waals surface area contributed by atoms with E-state index in [1.165, 1.54) is 13.2 Å². The molecule has 2 rings (SSSR count). The van der Waals surface area contributed by atoms with E-state index in [1.807, 2.05) is 22.6 Å². The SMILES string of the molecule is COc1cc(I)c(Cl)cc1C(=O)Nc1nnc(C(F)F)s1. The molecule has 0 atom stereocenters. The molecule has 1 aromatic heterocycles. The quantitative estimate of drug-likeness (QED) is 0.723. The molecule has 21 heavy (non-hydrogen) atoms. The molecule has 0 bridgehead atoms. The summed E-state index contributed by atoms with van der Waals surface area (Å²) < 4.78 is 30.7. The molecular formula is C11H7ClF2IN3O2S. The number of amides is 1. The van der Waals surface area contributed by atoms with Crippen molar-refractivity contribution >= 4 is 56.6 Å². The molecule has 1 heterocycles. The second kappa shape index (κ2) is 6.79. The average molecular weight is 446 g/mol. The van der Waals surface area contributed by atoms with Crippen LogP contribution in [-0.2, 0) is 0 Å². The lowest BCUT2D eigenvalue weighted by Crippen LogP contribution is -2.13. The molecule has 1 aromatic carbocycles. The Morgan fingerprint density at radius 1 is 1.48 bits per heavy atom. The van der Waals surface area contributed by atoms with Crippen LogP contribution < -0.4 is 10.1 Å². The number of nitrogens with one attached hydrogen (secondary N) is 1. The van der Waals surface area contributed by atoms with Crippen molar-refractivity contribution in [1.29, 1.82) is 0 Å². The van der Waals surface area contributed by atoms with Gasteiger partial charge in [-0.1, -0.05) is 22.9 Å². The van der Waals surface area contributed by atoms with Gasteiger partial charge in [-0.25, -0.2) is 8.78 Å². The molecule has 0 radical (unpaired) electrons. The predicted molar refractivity (Wildman–Crippen MR) is 83.5 cm³/mol. The smallest absolute Gasteiger partial charge is 0.291 e. The molecule has 0 spiro atoms. The summed E-state index contributed by atoms with van der Waals surface area (Å²) in [6.45, 7) is 0. The number of carbonyl (C=O) groups excluding carboxylic acids is 1. The first kappa shape index (κ1) is 16.3. The van der Waals surface area contributed by atoms with Gasteiger partial charge in [-0.3, -0.25) is 10.1 Å². The third-order valence-electron chi connectivity index (χ3n) is 2.33. The maximum absolute atomic E-state index is 12.4. The van der Waals surface area contributed by atoms with Crippen LogP contribution >= 0.6 is 45.5 Å². The Bertz CT molecular complexity index is 683. The minimum absolute atomic E-state index is 0.0213. The van der Waals surface area contributed by atoms with Crippen LogP contribution in [0, 0.1) is 3.57 Å². The summed E-state index contributed by atoms with van der Waals surface area (Å²) in [7, 11) is 1.41. The van der Waals surface area contributed by atoms with Crippen molar-refractivity contribution in [2.24, 2.45) is 0 Å². The molecule has 0 saturated carbocycles. The minimum Gasteiger partial charge on any atom is -0.496 e. The maximum Gasteiger partial charge on any atom is 0.291 e. The largest absolute Gasteiger partial charge is 0.496 e. The molecule has 0 unspecified atom stereocenters.